The molecule has 1 aromatic rings. The Morgan fingerprint density at radius 1 is 1.32 bits per heavy atom. The Morgan fingerprint density at radius 2 is 2.04 bits per heavy atom. The summed E-state index contributed by atoms with van der Waals surface area (Å²) < 4.78 is 48.8. The van der Waals surface area contributed by atoms with Crippen LogP contribution in [0, 0.1) is 5.92 Å². The molecule has 1 saturated heterocycles. The summed E-state index contributed by atoms with van der Waals surface area (Å²) in [6, 6.07) is 3.56. The predicted molar refractivity (Wildman–Crippen MR) is 85.3 cm³/mol. The zero-order valence-electron chi connectivity index (χ0n) is 14.6. The molecule has 25 heavy (non-hydrogen) atoms. The van der Waals surface area contributed by atoms with E-state index >= 15 is 0 Å². The SMILES string of the molecule is CC(C)(C)OC(=O)N1CCCC(COc2cccc(C(F)(F)F)n2)C1. The van der Waals surface area contributed by atoms with Crippen molar-refractivity contribution in [3.63, 3.8) is 0 Å². The van der Waals surface area contributed by atoms with Crippen LogP contribution in [0.5, 0.6) is 5.88 Å². The van der Waals surface area contributed by atoms with E-state index in [1.54, 1.807) is 25.7 Å². The van der Waals surface area contributed by atoms with E-state index < -0.39 is 17.5 Å². The maximum atomic E-state index is 12.7. The van der Waals surface area contributed by atoms with Crippen molar-refractivity contribution in [1.82, 2.24) is 9.88 Å². The Balaban J connectivity index is 1.90. The van der Waals surface area contributed by atoms with Crippen molar-refractivity contribution < 1.29 is 27.4 Å². The molecule has 0 aromatic carbocycles. The summed E-state index contributed by atoms with van der Waals surface area (Å²) >= 11 is 0. The minimum atomic E-state index is -4.50. The zero-order valence-corrected chi connectivity index (χ0v) is 14.6. The van der Waals surface area contributed by atoms with Gasteiger partial charge in [-0.2, -0.15) is 13.2 Å². The molecule has 1 aliphatic heterocycles. The van der Waals surface area contributed by atoms with Crippen molar-refractivity contribution in [3.8, 4) is 5.88 Å². The number of nitrogens with zero attached hydrogens (tertiary/aromatic N) is 2. The van der Waals surface area contributed by atoms with Crippen molar-refractivity contribution in [2.24, 2.45) is 5.92 Å². The number of ether oxygens (including phenoxy) is 2. The Kier molecular flexibility index (Phi) is 5.80. The fraction of sp³-hybridized carbons (Fsp3) is 0.647. The van der Waals surface area contributed by atoms with Crippen molar-refractivity contribution in [1.29, 1.82) is 0 Å². The lowest BCUT2D eigenvalue weighted by Crippen LogP contribution is -2.44. The smallest absolute Gasteiger partial charge is 0.433 e. The van der Waals surface area contributed by atoms with Gasteiger partial charge in [-0.1, -0.05) is 6.07 Å². The van der Waals surface area contributed by atoms with E-state index in [-0.39, 0.29) is 24.5 Å². The number of hydrogen-bond acceptors (Lipinski definition) is 4. The Labute approximate surface area is 145 Å². The molecule has 0 N–H and O–H groups in total. The monoisotopic (exact) mass is 360 g/mol. The van der Waals surface area contributed by atoms with Crippen molar-refractivity contribution in [2.45, 2.75) is 45.4 Å². The average molecular weight is 360 g/mol. The molecule has 1 atom stereocenters. The second-order valence-corrected chi connectivity index (χ2v) is 7.10. The number of pyridine rings is 1. The third kappa shape index (κ3) is 6.10. The fourth-order valence-electron chi connectivity index (χ4n) is 2.55. The topological polar surface area (TPSA) is 51.7 Å². The first kappa shape index (κ1) is 19.3. The van der Waals surface area contributed by atoms with Crippen LogP contribution in [0.3, 0.4) is 0 Å². The molecule has 8 heteroatoms. The molecule has 140 valence electrons. The number of halogens is 3. The summed E-state index contributed by atoms with van der Waals surface area (Å²) in [7, 11) is 0. The van der Waals surface area contributed by atoms with Gasteiger partial charge in [-0.15, -0.1) is 0 Å². The maximum absolute atomic E-state index is 12.7. The van der Waals surface area contributed by atoms with Crippen LogP contribution >= 0.6 is 0 Å². The summed E-state index contributed by atoms with van der Waals surface area (Å²) in [6.45, 7) is 6.66. The van der Waals surface area contributed by atoms with Gasteiger partial charge in [0, 0.05) is 25.1 Å². The van der Waals surface area contributed by atoms with E-state index in [0.717, 1.165) is 18.9 Å². The number of aromatic nitrogens is 1. The Morgan fingerprint density at radius 3 is 2.68 bits per heavy atom. The number of alkyl halides is 3. The lowest BCUT2D eigenvalue weighted by molar-refractivity contribution is -0.141. The summed E-state index contributed by atoms with van der Waals surface area (Å²) in [5, 5.41) is 0. The number of likely N-dealkylation sites (tertiary alicyclic amines) is 1. The first-order valence-corrected chi connectivity index (χ1v) is 8.19. The van der Waals surface area contributed by atoms with E-state index in [2.05, 4.69) is 4.98 Å². The first-order chi connectivity index (χ1) is 11.5. The third-order valence-electron chi connectivity index (χ3n) is 3.65. The molecular formula is C17H23F3N2O3. The molecule has 1 fully saturated rings. The van der Waals surface area contributed by atoms with Crippen LogP contribution in [0.25, 0.3) is 0 Å². The van der Waals surface area contributed by atoms with Gasteiger partial charge in [0.2, 0.25) is 5.88 Å². The highest BCUT2D eigenvalue weighted by Gasteiger charge is 2.33. The Hall–Kier alpha value is -1.99. The molecule has 5 nitrogen and oxygen atoms in total. The maximum Gasteiger partial charge on any atom is 0.433 e. The van der Waals surface area contributed by atoms with Crippen molar-refractivity contribution in [3.05, 3.63) is 23.9 Å². The lowest BCUT2D eigenvalue weighted by Gasteiger charge is -2.33. The molecular weight excluding hydrogens is 337 g/mol. The minimum Gasteiger partial charge on any atom is -0.477 e. The third-order valence-corrected chi connectivity index (χ3v) is 3.65. The molecule has 2 rings (SSSR count). The predicted octanol–water partition coefficient (Wildman–Crippen LogP) is 4.13. The molecule has 0 spiro atoms. The summed E-state index contributed by atoms with van der Waals surface area (Å²) in [5.74, 6) is -0.0400. The quantitative estimate of drug-likeness (QED) is 0.813. The molecule has 1 unspecified atom stereocenters. The highest BCUT2D eigenvalue weighted by atomic mass is 19.4. The van der Waals surface area contributed by atoms with Gasteiger partial charge in [0.1, 0.15) is 11.3 Å². The van der Waals surface area contributed by atoms with Crippen LogP contribution in [0.1, 0.15) is 39.3 Å². The van der Waals surface area contributed by atoms with Gasteiger partial charge >= 0.3 is 12.3 Å². The van der Waals surface area contributed by atoms with E-state index in [9.17, 15) is 18.0 Å². The van der Waals surface area contributed by atoms with Gasteiger partial charge in [0.15, 0.2) is 0 Å². The molecule has 0 radical (unpaired) electrons. The van der Waals surface area contributed by atoms with E-state index in [4.69, 9.17) is 9.47 Å². The van der Waals surface area contributed by atoms with Crippen LogP contribution in [-0.4, -0.2) is 41.3 Å². The van der Waals surface area contributed by atoms with Crippen LogP contribution in [0.15, 0.2) is 18.2 Å². The zero-order chi connectivity index (χ0) is 18.7. The number of carbonyl (C=O) groups is 1. The molecule has 1 aliphatic rings. The van der Waals surface area contributed by atoms with Gasteiger partial charge in [0.25, 0.3) is 0 Å². The molecule has 0 aliphatic carbocycles. The molecule has 1 amide bonds. The summed E-state index contributed by atoms with van der Waals surface area (Å²) in [6.07, 6.45) is -3.26. The first-order valence-electron chi connectivity index (χ1n) is 8.19. The van der Waals surface area contributed by atoms with Crippen LogP contribution in [-0.2, 0) is 10.9 Å². The van der Waals surface area contributed by atoms with Crippen LogP contribution in [0.2, 0.25) is 0 Å². The van der Waals surface area contributed by atoms with Gasteiger partial charge < -0.3 is 14.4 Å². The standard InChI is InChI=1S/C17H23F3N2O3/c1-16(2,3)25-15(23)22-9-5-6-12(10-22)11-24-14-8-4-7-13(21-14)17(18,19)20/h4,7-8,12H,5-6,9-11H2,1-3H3. The number of carbonyl (C=O) groups excluding carboxylic acids is 1. The minimum absolute atomic E-state index is 0.0256. The van der Waals surface area contributed by atoms with Gasteiger partial charge in [-0.25, -0.2) is 9.78 Å². The van der Waals surface area contributed by atoms with Crippen LogP contribution in [0.4, 0.5) is 18.0 Å². The van der Waals surface area contributed by atoms with E-state index in [1.807, 2.05) is 0 Å². The van der Waals surface area contributed by atoms with Gasteiger partial charge in [0.05, 0.1) is 6.61 Å². The van der Waals surface area contributed by atoms with Crippen LogP contribution < -0.4 is 4.74 Å². The van der Waals surface area contributed by atoms with Crippen molar-refractivity contribution >= 4 is 6.09 Å². The van der Waals surface area contributed by atoms with Gasteiger partial charge in [-0.05, 0) is 39.7 Å². The number of amides is 1. The molecule has 0 bridgehead atoms. The fourth-order valence-corrected chi connectivity index (χ4v) is 2.55. The van der Waals surface area contributed by atoms with Gasteiger partial charge in [-0.3, -0.25) is 0 Å². The number of rotatable bonds is 3. The molecule has 1 aromatic heterocycles. The average Bonchev–Trinajstić information content (AvgIpc) is 2.51. The highest BCUT2D eigenvalue weighted by molar-refractivity contribution is 5.68. The largest absolute Gasteiger partial charge is 0.477 e. The van der Waals surface area contributed by atoms with Crippen molar-refractivity contribution in [2.75, 3.05) is 19.7 Å². The number of piperidine rings is 1. The van der Waals surface area contributed by atoms with E-state index in [0.29, 0.717) is 13.1 Å². The normalized spacial score (nSPS) is 18.8. The molecule has 2 heterocycles. The highest BCUT2D eigenvalue weighted by Crippen LogP contribution is 2.29. The summed E-state index contributed by atoms with van der Waals surface area (Å²) in [4.78, 5) is 17.2. The second-order valence-electron chi connectivity index (χ2n) is 7.10. The molecule has 0 saturated carbocycles. The summed E-state index contributed by atoms with van der Waals surface area (Å²) in [5.41, 5.74) is -1.55. The second kappa shape index (κ2) is 7.49. The lowest BCUT2D eigenvalue weighted by atomic mass is 9.99. The Bertz CT molecular complexity index is 600. The van der Waals surface area contributed by atoms with E-state index in [1.165, 1.54) is 12.1 Å². The number of hydrogen-bond donors (Lipinski definition) is 0.